The SMILES string of the molecule is CC1(C)Cc2c(sc3[nH]c(=O)n(N)c(=O)c23)CO1. The van der Waals surface area contributed by atoms with Crippen molar-refractivity contribution < 1.29 is 4.74 Å². The maximum atomic E-state index is 12.1. The summed E-state index contributed by atoms with van der Waals surface area (Å²) >= 11 is 1.39. The minimum absolute atomic E-state index is 0.303. The summed E-state index contributed by atoms with van der Waals surface area (Å²) in [6.45, 7) is 4.42. The van der Waals surface area contributed by atoms with Gasteiger partial charge in [0, 0.05) is 11.3 Å². The number of aromatic amines is 1. The van der Waals surface area contributed by atoms with Gasteiger partial charge in [0.2, 0.25) is 0 Å². The lowest BCUT2D eigenvalue weighted by Crippen LogP contribution is -2.41. The number of H-pyrrole nitrogens is 1. The summed E-state index contributed by atoms with van der Waals surface area (Å²) in [5, 5.41) is 0.522. The van der Waals surface area contributed by atoms with Crippen molar-refractivity contribution in [1.82, 2.24) is 9.66 Å². The fraction of sp³-hybridized carbons (Fsp3) is 0.455. The molecule has 0 saturated heterocycles. The van der Waals surface area contributed by atoms with Crippen LogP contribution in [0, 0.1) is 0 Å². The van der Waals surface area contributed by atoms with Gasteiger partial charge in [-0.1, -0.05) is 0 Å². The standard InChI is InChI=1S/C11H13N3O3S/c1-11(2)3-5-6(4-17-11)18-8-7(5)9(15)14(12)10(16)13-8/h3-4,12H2,1-2H3,(H,13,16). The van der Waals surface area contributed by atoms with E-state index in [2.05, 4.69) is 4.98 Å². The maximum absolute atomic E-state index is 12.1. The van der Waals surface area contributed by atoms with E-state index in [-0.39, 0.29) is 5.60 Å². The van der Waals surface area contributed by atoms with Crippen molar-refractivity contribution in [2.24, 2.45) is 0 Å². The largest absolute Gasteiger partial charge is 0.370 e. The van der Waals surface area contributed by atoms with Gasteiger partial charge < -0.3 is 10.6 Å². The van der Waals surface area contributed by atoms with E-state index >= 15 is 0 Å². The molecular weight excluding hydrogens is 254 g/mol. The zero-order valence-electron chi connectivity index (χ0n) is 10.1. The summed E-state index contributed by atoms with van der Waals surface area (Å²) in [6.07, 6.45) is 0.642. The van der Waals surface area contributed by atoms with Crippen molar-refractivity contribution in [2.45, 2.75) is 32.5 Å². The quantitative estimate of drug-likeness (QED) is 0.672. The van der Waals surface area contributed by atoms with Crippen LogP contribution in [0.2, 0.25) is 0 Å². The van der Waals surface area contributed by atoms with Gasteiger partial charge in [-0.15, -0.1) is 11.3 Å². The number of hydrogen-bond acceptors (Lipinski definition) is 5. The van der Waals surface area contributed by atoms with Crippen LogP contribution in [-0.4, -0.2) is 15.3 Å². The number of thiophene rings is 1. The van der Waals surface area contributed by atoms with E-state index in [4.69, 9.17) is 10.6 Å². The molecule has 0 aromatic carbocycles. The Kier molecular flexibility index (Phi) is 2.21. The molecule has 1 aliphatic heterocycles. The molecule has 2 aromatic rings. The highest BCUT2D eigenvalue weighted by atomic mass is 32.1. The smallest absolute Gasteiger partial charge is 0.348 e. The molecule has 1 aliphatic rings. The van der Waals surface area contributed by atoms with Crippen molar-refractivity contribution in [1.29, 1.82) is 0 Å². The third-order valence-electron chi connectivity index (χ3n) is 3.16. The second-order valence-electron chi connectivity index (χ2n) is 5.04. The van der Waals surface area contributed by atoms with Crippen molar-refractivity contribution in [2.75, 3.05) is 5.84 Å². The Morgan fingerprint density at radius 1 is 1.44 bits per heavy atom. The first kappa shape index (κ1) is 11.5. The number of nitrogens with zero attached hydrogens (tertiary/aromatic N) is 1. The molecule has 0 saturated carbocycles. The molecule has 0 unspecified atom stereocenters. The zero-order chi connectivity index (χ0) is 13.1. The molecule has 0 atom stereocenters. The van der Waals surface area contributed by atoms with Gasteiger partial charge in [-0.3, -0.25) is 9.78 Å². The number of ether oxygens (including phenoxy) is 1. The highest BCUT2D eigenvalue weighted by molar-refractivity contribution is 7.18. The lowest BCUT2D eigenvalue weighted by Gasteiger charge is -2.29. The van der Waals surface area contributed by atoms with Crippen LogP contribution in [0.4, 0.5) is 0 Å². The number of fused-ring (bicyclic) bond motifs is 3. The predicted octanol–water partition coefficient (Wildman–Crippen LogP) is 0.316. The molecule has 0 bridgehead atoms. The van der Waals surface area contributed by atoms with Crippen LogP contribution in [0.1, 0.15) is 24.3 Å². The van der Waals surface area contributed by atoms with Crippen LogP contribution in [0.5, 0.6) is 0 Å². The van der Waals surface area contributed by atoms with Crippen molar-refractivity contribution in [3.05, 3.63) is 31.3 Å². The number of rotatable bonds is 0. The Morgan fingerprint density at radius 2 is 2.17 bits per heavy atom. The zero-order valence-corrected chi connectivity index (χ0v) is 10.9. The lowest BCUT2D eigenvalue weighted by molar-refractivity contribution is -0.0379. The first-order valence-corrected chi connectivity index (χ1v) is 6.39. The van der Waals surface area contributed by atoms with E-state index in [9.17, 15) is 9.59 Å². The second-order valence-corrected chi connectivity index (χ2v) is 6.14. The summed E-state index contributed by atoms with van der Waals surface area (Å²) in [6, 6.07) is 0. The van der Waals surface area contributed by atoms with Gasteiger partial charge in [0.25, 0.3) is 5.56 Å². The highest BCUT2D eigenvalue weighted by Crippen LogP contribution is 2.36. The average Bonchev–Trinajstić information content (AvgIpc) is 2.62. The fourth-order valence-corrected chi connectivity index (χ4v) is 3.35. The minimum atomic E-state index is -0.591. The molecule has 3 heterocycles. The van der Waals surface area contributed by atoms with E-state index in [0.717, 1.165) is 10.4 Å². The van der Waals surface area contributed by atoms with Crippen molar-refractivity contribution in [3.8, 4) is 0 Å². The fourth-order valence-electron chi connectivity index (χ4n) is 2.24. The number of nitrogens with one attached hydrogen (secondary N) is 1. The normalized spacial score (nSPS) is 17.9. The average molecular weight is 267 g/mol. The van der Waals surface area contributed by atoms with Gasteiger partial charge >= 0.3 is 5.69 Å². The Morgan fingerprint density at radius 3 is 2.89 bits per heavy atom. The molecule has 18 heavy (non-hydrogen) atoms. The molecule has 7 heteroatoms. The molecule has 3 N–H and O–H groups in total. The summed E-state index contributed by atoms with van der Waals surface area (Å²) in [4.78, 5) is 27.7. The Bertz CT molecular complexity index is 753. The van der Waals surface area contributed by atoms with E-state index < -0.39 is 11.2 Å². The van der Waals surface area contributed by atoms with E-state index in [1.165, 1.54) is 11.3 Å². The summed E-state index contributed by atoms with van der Waals surface area (Å²) in [5.74, 6) is 5.44. The van der Waals surface area contributed by atoms with Crippen LogP contribution in [0.25, 0.3) is 10.2 Å². The Balaban J connectivity index is 2.39. The van der Waals surface area contributed by atoms with Crippen LogP contribution >= 0.6 is 11.3 Å². The minimum Gasteiger partial charge on any atom is -0.370 e. The van der Waals surface area contributed by atoms with Gasteiger partial charge in [-0.2, -0.15) is 4.68 Å². The molecule has 0 amide bonds. The molecule has 0 fully saturated rings. The number of nitrogens with two attached hydrogens (primary N) is 1. The third kappa shape index (κ3) is 1.51. The van der Waals surface area contributed by atoms with Gasteiger partial charge in [0.1, 0.15) is 4.83 Å². The third-order valence-corrected chi connectivity index (χ3v) is 4.28. The van der Waals surface area contributed by atoms with Crippen molar-refractivity contribution in [3.63, 3.8) is 0 Å². The molecule has 0 aliphatic carbocycles. The van der Waals surface area contributed by atoms with E-state index in [1.54, 1.807) is 0 Å². The van der Waals surface area contributed by atoms with Gasteiger partial charge in [-0.05, 0) is 19.4 Å². The maximum Gasteiger partial charge on any atom is 0.348 e. The molecule has 0 spiro atoms. The molecular formula is C11H13N3O3S. The molecule has 3 rings (SSSR count). The van der Waals surface area contributed by atoms with E-state index in [0.29, 0.717) is 27.9 Å². The van der Waals surface area contributed by atoms with Gasteiger partial charge in [0.15, 0.2) is 0 Å². The number of nitrogen functional groups attached to an aromatic ring is 1. The van der Waals surface area contributed by atoms with E-state index in [1.807, 2.05) is 13.8 Å². The predicted molar refractivity (Wildman–Crippen MR) is 69.4 cm³/mol. The lowest BCUT2D eigenvalue weighted by atomic mass is 9.94. The number of hydrogen-bond donors (Lipinski definition) is 2. The number of aromatic nitrogens is 2. The topological polar surface area (TPSA) is 90.1 Å². The highest BCUT2D eigenvalue weighted by Gasteiger charge is 2.30. The van der Waals surface area contributed by atoms with Gasteiger partial charge in [-0.25, -0.2) is 4.79 Å². The van der Waals surface area contributed by atoms with Gasteiger partial charge in [0.05, 0.1) is 17.6 Å². The Hall–Kier alpha value is -1.60. The molecule has 96 valence electrons. The summed E-state index contributed by atoms with van der Waals surface area (Å²) in [5.41, 5.74) is -0.384. The molecule has 0 radical (unpaired) electrons. The first-order valence-electron chi connectivity index (χ1n) is 5.58. The first-order chi connectivity index (χ1) is 8.39. The molecule has 6 nitrogen and oxygen atoms in total. The van der Waals surface area contributed by atoms with Crippen molar-refractivity contribution >= 4 is 21.6 Å². The summed E-state index contributed by atoms with van der Waals surface area (Å²) in [7, 11) is 0. The van der Waals surface area contributed by atoms with Crippen LogP contribution in [0.3, 0.4) is 0 Å². The van der Waals surface area contributed by atoms with Crippen LogP contribution in [0.15, 0.2) is 9.59 Å². The summed E-state index contributed by atoms with van der Waals surface area (Å²) < 4.78 is 6.32. The van der Waals surface area contributed by atoms with Crippen LogP contribution in [-0.2, 0) is 17.8 Å². The second kappa shape index (κ2) is 3.46. The van der Waals surface area contributed by atoms with Crippen LogP contribution < -0.4 is 17.1 Å². The molecule has 2 aromatic heterocycles. The Labute approximate surface area is 106 Å². The monoisotopic (exact) mass is 267 g/mol.